The van der Waals surface area contributed by atoms with Gasteiger partial charge in [0, 0.05) is 12.1 Å². The number of benzene rings is 1. The van der Waals surface area contributed by atoms with Crippen LogP contribution in [0.5, 0.6) is 5.75 Å². The maximum absolute atomic E-state index is 12.7. The number of aromatic hydroxyl groups is 1. The lowest BCUT2D eigenvalue weighted by molar-refractivity contribution is 0.0693. The Kier molecular flexibility index (Phi) is 4.25. The molecule has 6 nitrogen and oxygen atoms in total. The van der Waals surface area contributed by atoms with Crippen molar-refractivity contribution in [1.29, 1.82) is 0 Å². The van der Waals surface area contributed by atoms with Crippen LogP contribution in [-0.4, -0.2) is 41.0 Å². The molecule has 2 rings (SSSR count). The van der Waals surface area contributed by atoms with Gasteiger partial charge in [-0.25, -0.2) is 13.2 Å². The minimum absolute atomic E-state index is 0.0988. The molecule has 0 radical (unpaired) electrons. The number of carbonyl (C=O) groups is 1. The summed E-state index contributed by atoms with van der Waals surface area (Å²) in [4.78, 5) is 10.9. The molecule has 1 aliphatic heterocycles. The zero-order chi connectivity index (χ0) is 15.8. The van der Waals surface area contributed by atoms with Crippen molar-refractivity contribution in [1.82, 2.24) is 4.31 Å². The van der Waals surface area contributed by atoms with Crippen molar-refractivity contribution >= 4 is 16.0 Å². The molecule has 0 aromatic heterocycles. The second-order valence-corrected chi connectivity index (χ2v) is 7.29. The Morgan fingerprint density at radius 2 is 1.81 bits per heavy atom. The SMILES string of the molecule is C[C@@H]1CCC[C@H](C)N1S(=O)(=O)c1ccc(O)c(C(=O)O)c1. The molecule has 0 spiro atoms. The van der Waals surface area contributed by atoms with E-state index in [2.05, 4.69) is 0 Å². The second-order valence-electron chi connectivity index (χ2n) is 5.45. The van der Waals surface area contributed by atoms with Crippen LogP contribution < -0.4 is 0 Å². The van der Waals surface area contributed by atoms with Gasteiger partial charge in [-0.15, -0.1) is 0 Å². The zero-order valence-electron chi connectivity index (χ0n) is 12.0. The van der Waals surface area contributed by atoms with E-state index in [0.717, 1.165) is 31.4 Å². The van der Waals surface area contributed by atoms with Gasteiger partial charge in [-0.2, -0.15) is 4.31 Å². The quantitative estimate of drug-likeness (QED) is 0.890. The second kappa shape index (κ2) is 5.65. The van der Waals surface area contributed by atoms with Crippen molar-refractivity contribution in [3.8, 4) is 5.75 Å². The molecule has 21 heavy (non-hydrogen) atoms. The maximum atomic E-state index is 12.7. The summed E-state index contributed by atoms with van der Waals surface area (Å²) in [5.74, 6) is -1.80. The van der Waals surface area contributed by atoms with Crippen molar-refractivity contribution in [3.05, 3.63) is 23.8 Å². The van der Waals surface area contributed by atoms with Gasteiger partial charge in [0.2, 0.25) is 10.0 Å². The highest BCUT2D eigenvalue weighted by Crippen LogP contribution is 2.31. The number of carboxylic acids is 1. The molecule has 2 N–H and O–H groups in total. The van der Waals surface area contributed by atoms with E-state index in [1.165, 1.54) is 10.4 Å². The molecular formula is C14H19NO5S. The van der Waals surface area contributed by atoms with E-state index in [1.807, 2.05) is 13.8 Å². The molecule has 1 fully saturated rings. The van der Waals surface area contributed by atoms with Gasteiger partial charge in [0.05, 0.1) is 4.90 Å². The lowest BCUT2D eigenvalue weighted by Gasteiger charge is -2.37. The normalized spacial score (nSPS) is 23.9. The van der Waals surface area contributed by atoms with Gasteiger partial charge in [-0.3, -0.25) is 0 Å². The first-order valence-electron chi connectivity index (χ1n) is 6.85. The number of phenols is 1. The minimum atomic E-state index is -3.77. The number of aromatic carboxylic acids is 1. The molecule has 116 valence electrons. The van der Waals surface area contributed by atoms with Crippen LogP contribution in [-0.2, 0) is 10.0 Å². The number of hydrogen-bond acceptors (Lipinski definition) is 4. The molecule has 1 heterocycles. The van der Waals surface area contributed by atoms with Crippen LogP contribution in [0.25, 0.3) is 0 Å². The third-order valence-corrected chi connectivity index (χ3v) is 6.01. The molecular weight excluding hydrogens is 294 g/mol. The fourth-order valence-electron chi connectivity index (χ4n) is 2.84. The van der Waals surface area contributed by atoms with Crippen LogP contribution in [0, 0.1) is 0 Å². The van der Waals surface area contributed by atoms with Gasteiger partial charge >= 0.3 is 5.97 Å². The van der Waals surface area contributed by atoms with Crippen LogP contribution in [0.2, 0.25) is 0 Å². The van der Waals surface area contributed by atoms with Crippen molar-refractivity contribution in [2.24, 2.45) is 0 Å². The van der Waals surface area contributed by atoms with Gasteiger partial charge in [-0.1, -0.05) is 6.42 Å². The molecule has 0 aliphatic carbocycles. The summed E-state index contributed by atoms with van der Waals surface area (Å²) in [6.07, 6.45) is 2.55. The van der Waals surface area contributed by atoms with E-state index in [4.69, 9.17) is 5.11 Å². The van der Waals surface area contributed by atoms with Gasteiger partial charge in [0.15, 0.2) is 0 Å². The van der Waals surface area contributed by atoms with Crippen molar-refractivity contribution in [2.45, 2.75) is 50.1 Å². The molecule has 0 bridgehead atoms. The maximum Gasteiger partial charge on any atom is 0.339 e. The largest absolute Gasteiger partial charge is 0.507 e. The molecule has 2 atom stereocenters. The van der Waals surface area contributed by atoms with Crippen LogP contribution in [0.4, 0.5) is 0 Å². The highest BCUT2D eigenvalue weighted by Gasteiger charge is 2.36. The third-order valence-electron chi connectivity index (χ3n) is 3.89. The van der Waals surface area contributed by atoms with Gasteiger partial charge in [0.25, 0.3) is 0 Å². The summed E-state index contributed by atoms with van der Waals surface area (Å²) >= 11 is 0. The Balaban J connectivity index is 2.48. The first-order chi connectivity index (χ1) is 9.75. The van der Waals surface area contributed by atoms with E-state index in [9.17, 15) is 18.3 Å². The summed E-state index contributed by atoms with van der Waals surface area (Å²) in [6.45, 7) is 3.71. The summed E-state index contributed by atoms with van der Waals surface area (Å²) in [5.41, 5.74) is -0.409. The average molecular weight is 313 g/mol. The molecule has 0 unspecified atom stereocenters. The number of sulfonamides is 1. The highest BCUT2D eigenvalue weighted by molar-refractivity contribution is 7.89. The van der Waals surface area contributed by atoms with Crippen LogP contribution >= 0.6 is 0 Å². The molecule has 1 aromatic rings. The smallest absolute Gasteiger partial charge is 0.339 e. The fourth-order valence-corrected chi connectivity index (χ4v) is 4.75. The predicted octanol–water partition coefficient (Wildman–Crippen LogP) is 2.04. The summed E-state index contributed by atoms with van der Waals surface area (Å²) in [6, 6.07) is 3.11. The van der Waals surface area contributed by atoms with Crippen molar-refractivity contribution in [2.75, 3.05) is 0 Å². The number of hydrogen-bond donors (Lipinski definition) is 2. The van der Waals surface area contributed by atoms with Gasteiger partial charge in [-0.05, 0) is 44.9 Å². The lowest BCUT2D eigenvalue weighted by atomic mass is 10.0. The topological polar surface area (TPSA) is 94.9 Å². The predicted molar refractivity (Wildman–Crippen MR) is 76.9 cm³/mol. The molecule has 7 heteroatoms. The molecule has 1 saturated heterocycles. The standard InChI is InChI=1S/C14H19NO5S/c1-9-4-3-5-10(2)15(9)21(19,20)11-6-7-13(16)12(8-11)14(17)18/h6-10,16H,3-5H2,1-2H3,(H,17,18)/t9-,10+. The van der Waals surface area contributed by atoms with Crippen LogP contribution in [0.15, 0.2) is 23.1 Å². The summed E-state index contributed by atoms with van der Waals surface area (Å²) in [7, 11) is -3.77. The van der Waals surface area contributed by atoms with E-state index in [-0.39, 0.29) is 17.0 Å². The monoisotopic (exact) mass is 313 g/mol. The van der Waals surface area contributed by atoms with E-state index in [0.29, 0.717) is 0 Å². The summed E-state index contributed by atoms with van der Waals surface area (Å²) < 4.78 is 26.9. The molecule has 0 amide bonds. The zero-order valence-corrected chi connectivity index (χ0v) is 12.8. The Bertz CT molecular complexity index is 645. The average Bonchev–Trinajstić information content (AvgIpc) is 2.38. The van der Waals surface area contributed by atoms with Crippen LogP contribution in [0.1, 0.15) is 43.5 Å². The van der Waals surface area contributed by atoms with E-state index in [1.54, 1.807) is 0 Å². The van der Waals surface area contributed by atoms with Crippen molar-refractivity contribution in [3.63, 3.8) is 0 Å². The number of carboxylic acid groups (broad SMARTS) is 1. The number of nitrogens with zero attached hydrogens (tertiary/aromatic N) is 1. The number of piperidine rings is 1. The number of rotatable bonds is 3. The fraction of sp³-hybridized carbons (Fsp3) is 0.500. The summed E-state index contributed by atoms with van der Waals surface area (Å²) in [5, 5.41) is 18.5. The van der Waals surface area contributed by atoms with Gasteiger partial charge in [0.1, 0.15) is 11.3 Å². The third kappa shape index (κ3) is 2.89. The van der Waals surface area contributed by atoms with Crippen LogP contribution in [0.3, 0.4) is 0 Å². The minimum Gasteiger partial charge on any atom is -0.507 e. The van der Waals surface area contributed by atoms with Gasteiger partial charge < -0.3 is 10.2 Å². The Morgan fingerprint density at radius 3 is 2.33 bits per heavy atom. The molecule has 1 aromatic carbocycles. The first-order valence-corrected chi connectivity index (χ1v) is 8.29. The lowest BCUT2D eigenvalue weighted by Crippen LogP contribution is -2.47. The Morgan fingerprint density at radius 1 is 1.24 bits per heavy atom. The Hall–Kier alpha value is -1.60. The highest BCUT2D eigenvalue weighted by atomic mass is 32.2. The Labute approximate surface area is 124 Å². The first kappa shape index (κ1) is 15.8. The molecule has 1 aliphatic rings. The molecule has 0 saturated carbocycles. The van der Waals surface area contributed by atoms with Crippen molar-refractivity contribution < 1.29 is 23.4 Å². The van der Waals surface area contributed by atoms with E-state index < -0.39 is 27.3 Å². The van der Waals surface area contributed by atoms with E-state index >= 15 is 0 Å².